The lowest BCUT2D eigenvalue weighted by Crippen LogP contribution is -2.33. The quantitative estimate of drug-likeness (QED) is 0.717. The van der Waals surface area contributed by atoms with E-state index in [9.17, 15) is 18.0 Å². The van der Waals surface area contributed by atoms with Crippen LogP contribution in [-0.2, 0) is 6.18 Å². The van der Waals surface area contributed by atoms with E-state index in [0.717, 1.165) is 12.1 Å². The minimum absolute atomic E-state index is 0.207. The van der Waals surface area contributed by atoms with E-state index in [2.05, 4.69) is 4.98 Å². The number of amides is 1. The maximum absolute atomic E-state index is 13.1. The number of rotatable bonds is 1. The molecule has 0 bridgehead atoms. The van der Waals surface area contributed by atoms with Crippen molar-refractivity contribution >= 4 is 23.4 Å². The van der Waals surface area contributed by atoms with Gasteiger partial charge in [-0.05, 0) is 43.7 Å². The Hall–Kier alpha value is -2.02. The van der Waals surface area contributed by atoms with Gasteiger partial charge in [-0.2, -0.15) is 13.2 Å². The van der Waals surface area contributed by atoms with Crippen molar-refractivity contribution < 1.29 is 18.0 Å². The fourth-order valence-corrected chi connectivity index (χ4v) is 3.82. The average Bonchev–Trinajstić information content (AvgIpc) is 2.71. The summed E-state index contributed by atoms with van der Waals surface area (Å²) in [6.07, 6.45) is -3.76. The molecule has 0 N–H and O–H groups in total. The number of carbonyl (C=O) groups excluding carboxylic acids is 1. The summed E-state index contributed by atoms with van der Waals surface area (Å²) in [4.78, 5) is 19.2. The number of alkyl halides is 3. The number of nitrogens with zero attached hydrogens (tertiary/aromatic N) is 2. The summed E-state index contributed by atoms with van der Waals surface area (Å²) in [5, 5.41) is 0.207. The molecule has 25 heavy (non-hydrogen) atoms. The Bertz CT molecular complexity index is 807. The Kier molecular flexibility index (Phi) is 4.77. The Morgan fingerprint density at radius 1 is 1.28 bits per heavy atom. The molecule has 1 aromatic heterocycles. The van der Waals surface area contributed by atoms with Crippen molar-refractivity contribution in [3.8, 4) is 0 Å². The third kappa shape index (κ3) is 3.81. The van der Waals surface area contributed by atoms with Crippen molar-refractivity contribution in [2.75, 3.05) is 11.4 Å². The minimum atomic E-state index is -4.45. The highest BCUT2D eigenvalue weighted by Crippen LogP contribution is 2.41. The van der Waals surface area contributed by atoms with Crippen LogP contribution in [0.2, 0.25) is 0 Å². The molecule has 0 aliphatic carbocycles. The molecule has 0 saturated carbocycles. The molecule has 0 spiro atoms. The number of halogens is 3. The Morgan fingerprint density at radius 2 is 2.04 bits per heavy atom. The standard InChI is InChI=1S/C18H17F3N2OS/c1-11-4-3-5-14(22-11)17(24)23-9-8-12(2)25-16-7-6-13(10-15(16)23)18(19,20)21/h3-7,10,12H,8-9H2,1-2H3. The molecule has 7 heteroatoms. The molecule has 1 amide bonds. The number of aryl methyl sites for hydroxylation is 1. The lowest BCUT2D eigenvalue weighted by molar-refractivity contribution is -0.137. The van der Waals surface area contributed by atoms with Crippen LogP contribution in [0, 0.1) is 6.92 Å². The van der Waals surface area contributed by atoms with Crippen LogP contribution in [0.25, 0.3) is 0 Å². The molecule has 1 atom stereocenters. The van der Waals surface area contributed by atoms with E-state index in [4.69, 9.17) is 0 Å². The Balaban J connectivity index is 2.07. The van der Waals surface area contributed by atoms with Crippen molar-refractivity contribution in [1.29, 1.82) is 0 Å². The van der Waals surface area contributed by atoms with Crippen LogP contribution in [0.15, 0.2) is 41.3 Å². The maximum atomic E-state index is 13.1. The van der Waals surface area contributed by atoms with Crippen LogP contribution in [-0.4, -0.2) is 22.7 Å². The monoisotopic (exact) mass is 366 g/mol. The number of anilines is 1. The predicted molar refractivity (Wildman–Crippen MR) is 92.0 cm³/mol. The zero-order valence-corrected chi connectivity index (χ0v) is 14.6. The highest BCUT2D eigenvalue weighted by atomic mass is 32.2. The lowest BCUT2D eigenvalue weighted by atomic mass is 10.1. The summed E-state index contributed by atoms with van der Waals surface area (Å²) in [7, 11) is 0. The number of carbonyl (C=O) groups is 1. The molecule has 1 aromatic carbocycles. The number of hydrogen-bond acceptors (Lipinski definition) is 3. The van der Waals surface area contributed by atoms with E-state index < -0.39 is 11.7 Å². The first-order chi connectivity index (χ1) is 11.8. The molecule has 0 fully saturated rings. The molecule has 0 saturated heterocycles. The molecule has 1 aliphatic rings. The van der Waals surface area contributed by atoms with E-state index in [1.165, 1.54) is 22.7 Å². The second-order valence-electron chi connectivity index (χ2n) is 6.02. The Labute approximate surface area is 148 Å². The van der Waals surface area contributed by atoms with Gasteiger partial charge in [-0.3, -0.25) is 4.79 Å². The fraction of sp³-hybridized carbons (Fsp3) is 0.333. The maximum Gasteiger partial charge on any atom is 0.416 e. The molecule has 0 radical (unpaired) electrons. The number of benzene rings is 1. The van der Waals surface area contributed by atoms with Gasteiger partial charge in [0, 0.05) is 22.4 Å². The minimum Gasteiger partial charge on any atom is -0.306 e. The third-order valence-electron chi connectivity index (χ3n) is 4.02. The number of pyridine rings is 1. The number of thioether (sulfide) groups is 1. The summed E-state index contributed by atoms with van der Waals surface area (Å²) in [6, 6.07) is 8.66. The molecular formula is C18H17F3N2OS. The van der Waals surface area contributed by atoms with Gasteiger partial charge in [0.05, 0.1) is 11.3 Å². The fourth-order valence-electron chi connectivity index (χ4n) is 2.72. The van der Waals surface area contributed by atoms with Crippen LogP contribution in [0.5, 0.6) is 0 Å². The second kappa shape index (κ2) is 6.71. The summed E-state index contributed by atoms with van der Waals surface area (Å²) in [5.74, 6) is -0.376. The molecular weight excluding hydrogens is 349 g/mol. The van der Waals surface area contributed by atoms with Gasteiger partial charge in [-0.25, -0.2) is 4.98 Å². The zero-order chi connectivity index (χ0) is 18.2. The molecule has 2 heterocycles. The highest BCUT2D eigenvalue weighted by molar-refractivity contribution is 8.00. The van der Waals surface area contributed by atoms with Crippen LogP contribution in [0.3, 0.4) is 0 Å². The van der Waals surface area contributed by atoms with Crippen molar-refractivity contribution in [3.05, 3.63) is 53.3 Å². The lowest BCUT2D eigenvalue weighted by Gasteiger charge is -2.23. The van der Waals surface area contributed by atoms with Crippen LogP contribution in [0.1, 0.15) is 35.1 Å². The molecule has 2 aromatic rings. The van der Waals surface area contributed by atoms with Crippen molar-refractivity contribution in [2.45, 2.75) is 36.6 Å². The van der Waals surface area contributed by atoms with Gasteiger partial charge in [0.15, 0.2) is 0 Å². The molecule has 3 nitrogen and oxygen atoms in total. The normalized spacial score (nSPS) is 17.8. The smallest absolute Gasteiger partial charge is 0.306 e. The first-order valence-electron chi connectivity index (χ1n) is 7.89. The van der Waals surface area contributed by atoms with Gasteiger partial charge in [-0.15, -0.1) is 11.8 Å². The molecule has 3 rings (SSSR count). The number of hydrogen-bond donors (Lipinski definition) is 0. The van der Waals surface area contributed by atoms with Crippen LogP contribution >= 0.6 is 11.8 Å². The largest absolute Gasteiger partial charge is 0.416 e. The van der Waals surface area contributed by atoms with Crippen molar-refractivity contribution in [1.82, 2.24) is 4.98 Å². The van der Waals surface area contributed by atoms with E-state index in [0.29, 0.717) is 29.2 Å². The summed E-state index contributed by atoms with van der Waals surface area (Å²) in [6.45, 7) is 4.13. The molecule has 132 valence electrons. The number of fused-ring (bicyclic) bond motifs is 1. The summed E-state index contributed by atoms with van der Waals surface area (Å²) >= 11 is 1.49. The number of aromatic nitrogens is 1. The third-order valence-corrected chi connectivity index (χ3v) is 5.25. The van der Waals surface area contributed by atoms with Gasteiger partial charge < -0.3 is 4.90 Å². The second-order valence-corrected chi connectivity index (χ2v) is 7.50. The topological polar surface area (TPSA) is 33.2 Å². The SMILES string of the molecule is Cc1cccc(C(=O)N2CCC(C)Sc3ccc(C(F)(F)F)cc32)n1. The van der Waals surface area contributed by atoms with Crippen molar-refractivity contribution in [3.63, 3.8) is 0 Å². The molecule has 1 aliphatic heterocycles. The molecule has 1 unspecified atom stereocenters. The van der Waals surface area contributed by atoms with Gasteiger partial charge in [-0.1, -0.05) is 13.0 Å². The van der Waals surface area contributed by atoms with E-state index in [1.54, 1.807) is 25.1 Å². The zero-order valence-electron chi connectivity index (χ0n) is 13.8. The van der Waals surface area contributed by atoms with E-state index in [1.807, 2.05) is 6.92 Å². The first-order valence-corrected chi connectivity index (χ1v) is 8.77. The first kappa shape index (κ1) is 17.8. The highest BCUT2D eigenvalue weighted by Gasteiger charge is 2.33. The van der Waals surface area contributed by atoms with Crippen LogP contribution in [0.4, 0.5) is 18.9 Å². The summed E-state index contributed by atoms with van der Waals surface area (Å²) in [5.41, 5.74) is 0.476. The summed E-state index contributed by atoms with van der Waals surface area (Å²) < 4.78 is 39.4. The van der Waals surface area contributed by atoms with Crippen LogP contribution < -0.4 is 4.90 Å². The Morgan fingerprint density at radius 3 is 2.72 bits per heavy atom. The predicted octanol–water partition coefficient (Wildman–Crippen LogP) is 4.94. The van der Waals surface area contributed by atoms with E-state index >= 15 is 0 Å². The average molecular weight is 366 g/mol. The van der Waals surface area contributed by atoms with Gasteiger partial charge in [0.25, 0.3) is 5.91 Å². The van der Waals surface area contributed by atoms with Gasteiger partial charge in [0.1, 0.15) is 5.69 Å². The van der Waals surface area contributed by atoms with Gasteiger partial charge >= 0.3 is 6.18 Å². The van der Waals surface area contributed by atoms with E-state index in [-0.39, 0.29) is 16.9 Å². The van der Waals surface area contributed by atoms with Crippen molar-refractivity contribution in [2.24, 2.45) is 0 Å². The van der Waals surface area contributed by atoms with Gasteiger partial charge in [0.2, 0.25) is 0 Å².